The standard InChI is InChI=1S/C22H22N2O5/c1-24-18-4-3-15(22(6-7-23)28-8-9-29-22)12-16(18)17(21(24)25)10-14-2-5-19-20(11-14)27-13-26-19/h2-5,10-12H,6-9,13,23H2,1H3/b17-10-. The zero-order chi connectivity index (χ0) is 20.0. The van der Waals surface area contributed by atoms with Gasteiger partial charge in [0, 0.05) is 30.2 Å². The van der Waals surface area contributed by atoms with Crippen molar-refractivity contribution in [2.24, 2.45) is 5.73 Å². The lowest BCUT2D eigenvalue weighted by molar-refractivity contribution is -0.168. The fourth-order valence-corrected chi connectivity index (χ4v) is 4.10. The third-order valence-corrected chi connectivity index (χ3v) is 5.56. The molecule has 0 radical (unpaired) electrons. The summed E-state index contributed by atoms with van der Waals surface area (Å²) < 4.78 is 22.7. The Labute approximate surface area is 168 Å². The predicted octanol–water partition coefficient (Wildman–Crippen LogP) is 2.48. The summed E-state index contributed by atoms with van der Waals surface area (Å²) >= 11 is 0. The van der Waals surface area contributed by atoms with Gasteiger partial charge in [-0.25, -0.2) is 0 Å². The molecule has 0 saturated carbocycles. The Balaban J connectivity index is 1.58. The van der Waals surface area contributed by atoms with Crippen molar-refractivity contribution >= 4 is 23.2 Å². The van der Waals surface area contributed by atoms with Gasteiger partial charge in [0.05, 0.1) is 18.9 Å². The molecule has 0 bridgehead atoms. The van der Waals surface area contributed by atoms with Crippen molar-refractivity contribution in [3.05, 3.63) is 53.1 Å². The summed E-state index contributed by atoms with van der Waals surface area (Å²) in [5.74, 6) is 0.486. The number of rotatable bonds is 4. The molecule has 3 aliphatic heterocycles. The number of amides is 1. The van der Waals surface area contributed by atoms with Crippen LogP contribution in [0.2, 0.25) is 0 Å². The summed E-state index contributed by atoms with van der Waals surface area (Å²) in [7, 11) is 1.78. The van der Waals surface area contributed by atoms with E-state index >= 15 is 0 Å². The van der Waals surface area contributed by atoms with Gasteiger partial charge in [-0.05, 0) is 42.4 Å². The lowest BCUT2D eigenvalue weighted by atomic mass is 9.96. The SMILES string of the molecule is CN1C(=O)/C(=C\c2ccc3c(c2)OCO3)c2cc(C3(CCN)OCCO3)ccc21. The van der Waals surface area contributed by atoms with E-state index in [-0.39, 0.29) is 12.7 Å². The molecule has 0 aromatic heterocycles. The largest absolute Gasteiger partial charge is 0.454 e. The van der Waals surface area contributed by atoms with E-state index in [9.17, 15) is 4.79 Å². The van der Waals surface area contributed by atoms with E-state index in [0.717, 1.165) is 22.4 Å². The third-order valence-electron chi connectivity index (χ3n) is 5.56. The van der Waals surface area contributed by atoms with Crippen molar-refractivity contribution in [1.82, 2.24) is 0 Å². The molecule has 0 atom stereocenters. The van der Waals surface area contributed by atoms with Crippen LogP contribution in [0, 0.1) is 0 Å². The number of fused-ring (bicyclic) bond motifs is 2. The van der Waals surface area contributed by atoms with Crippen LogP contribution in [0.15, 0.2) is 36.4 Å². The average Bonchev–Trinajstić information content (AvgIpc) is 3.44. The van der Waals surface area contributed by atoms with Crippen molar-refractivity contribution in [2.45, 2.75) is 12.2 Å². The molecule has 3 heterocycles. The molecule has 1 amide bonds. The Morgan fingerprint density at radius 1 is 1.10 bits per heavy atom. The minimum absolute atomic E-state index is 0.0593. The van der Waals surface area contributed by atoms with Gasteiger partial charge in [0.1, 0.15) is 0 Å². The van der Waals surface area contributed by atoms with E-state index < -0.39 is 5.79 Å². The van der Waals surface area contributed by atoms with Crippen LogP contribution in [0.3, 0.4) is 0 Å². The molecule has 1 fully saturated rings. The van der Waals surface area contributed by atoms with Crippen LogP contribution >= 0.6 is 0 Å². The molecular weight excluding hydrogens is 372 g/mol. The maximum absolute atomic E-state index is 13.0. The van der Waals surface area contributed by atoms with Gasteiger partial charge in [-0.2, -0.15) is 0 Å². The first-order chi connectivity index (χ1) is 14.1. The van der Waals surface area contributed by atoms with Gasteiger partial charge < -0.3 is 29.6 Å². The number of ether oxygens (including phenoxy) is 4. The Bertz CT molecular complexity index is 1010. The number of nitrogens with two attached hydrogens (primary N) is 1. The van der Waals surface area contributed by atoms with Crippen LogP contribution in [0.25, 0.3) is 11.6 Å². The Hall–Kier alpha value is -2.87. The predicted molar refractivity (Wildman–Crippen MR) is 108 cm³/mol. The second kappa shape index (κ2) is 6.88. The monoisotopic (exact) mass is 394 g/mol. The molecule has 7 nitrogen and oxygen atoms in total. The first-order valence-electron chi connectivity index (χ1n) is 9.63. The molecule has 2 N–H and O–H groups in total. The molecule has 2 aromatic rings. The van der Waals surface area contributed by atoms with Gasteiger partial charge in [-0.1, -0.05) is 12.1 Å². The highest BCUT2D eigenvalue weighted by atomic mass is 16.7. The van der Waals surface area contributed by atoms with E-state index in [0.29, 0.717) is 43.3 Å². The van der Waals surface area contributed by atoms with E-state index in [1.165, 1.54) is 0 Å². The summed E-state index contributed by atoms with van der Waals surface area (Å²) in [6, 6.07) is 11.5. The van der Waals surface area contributed by atoms with E-state index in [1.54, 1.807) is 11.9 Å². The normalized spacial score (nSPS) is 20.6. The minimum atomic E-state index is -0.849. The highest BCUT2D eigenvalue weighted by Gasteiger charge is 2.40. The molecule has 2 aromatic carbocycles. The first-order valence-corrected chi connectivity index (χ1v) is 9.63. The number of hydrogen-bond donors (Lipinski definition) is 1. The summed E-state index contributed by atoms with van der Waals surface area (Å²) in [6.07, 6.45) is 2.43. The molecule has 0 aliphatic carbocycles. The molecule has 150 valence electrons. The van der Waals surface area contributed by atoms with Gasteiger partial charge in [0.15, 0.2) is 17.3 Å². The maximum Gasteiger partial charge on any atom is 0.258 e. The maximum atomic E-state index is 13.0. The van der Waals surface area contributed by atoms with Crippen molar-refractivity contribution in [3.63, 3.8) is 0 Å². The molecule has 29 heavy (non-hydrogen) atoms. The smallest absolute Gasteiger partial charge is 0.258 e. The van der Waals surface area contributed by atoms with E-state index in [2.05, 4.69) is 0 Å². The van der Waals surface area contributed by atoms with Gasteiger partial charge >= 0.3 is 0 Å². The molecule has 3 aliphatic rings. The highest BCUT2D eigenvalue weighted by molar-refractivity contribution is 6.35. The lowest BCUT2D eigenvalue weighted by Gasteiger charge is -2.28. The van der Waals surface area contributed by atoms with Gasteiger partial charge in [-0.15, -0.1) is 0 Å². The fraction of sp³-hybridized carbons (Fsp3) is 0.318. The fourth-order valence-electron chi connectivity index (χ4n) is 4.10. The van der Waals surface area contributed by atoms with Crippen LogP contribution in [0.4, 0.5) is 5.69 Å². The second-order valence-corrected chi connectivity index (χ2v) is 7.26. The Morgan fingerprint density at radius 3 is 2.69 bits per heavy atom. The topological polar surface area (TPSA) is 83.3 Å². The van der Waals surface area contributed by atoms with Gasteiger partial charge in [-0.3, -0.25) is 4.79 Å². The number of likely N-dealkylation sites (N-methyl/N-ethyl adjacent to an activating group) is 1. The van der Waals surface area contributed by atoms with Crippen molar-refractivity contribution in [1.29, 1.82) is 0 Å². The Kier molecular flexibility index (Phi) is 4.31. The molecule has 0 spiro atoms. The zero-order valence-corrected chi connectivity index (χ0v) is 16.1. The lowest BCUT2D eigenvalue weighted by Crippen LogP contribution is -2.30. The van der Waals surface area contributed by atoms with Gasteiger partial charge in [0.2, 0.25) is 6.79 Å². The van der Waals surface area contributed by atoms with Crippen LogP contribution in [0.5, 0.6) is 11.5 Å². The molecule has 7 heteroatoms. The molecule has 5 rings (SSSR count). The number of carbonyl (C=O) groups is 1. The average molecular weight is 394 g/mol. The van der Waals surface area contributed by atoms with E-state index in [4.69, 9.17) is 24.7 Å². The zero-order valence-electron chi connectivity index (χ0n) is 16.1. The summed E-state index contributed by atoms with van der Waals surface area (Å²) in [4.78, 5) is 14.6. The minimum Gasteiger partial charge on any atom is -0.454 e. The van der Waals surface area contributed by atoms with Crippen molar-refractivity contribution in [3.8, 4) is 11.5 Å². The summed E-state index contributed by atoms with van der Waals surface area (Å²) in [5, 5.41) is 0. The number of anilines is 1. The molecule has 0 unspecified atom stereocenters. The summed E-state index contributed by atoms with van der Waals surface area (Å²) in [5.41, 5.74) is 9.87. The molecule has 1 saturated heterocycles. The molecular formula is C22H22N2O5. The van der Waals surface area contributed by atoms with Crippen LogP contribution in [-0.2, 0) is 20.1 Å². The highest BCUT2D eigenvalue weighted by Crippen LogP contribution is 2.43. The quantitative estimate of drug-likeness (QED) is 0.803. The van der Waals surface area contributed by atoms with Gasteiger partial charge in [0.25, 0.3) is 5.91 Å². The van der Waals surface area contributed by atoms with E-state index in [1.807, 2.05) is 42.5 Å². The van der Waals surface area contributed by atoms with Crippen molar-refractivity contribution in [2.75, 3.05) is 38.5 Å². The Morgan fingerprint density at radius 2 is 1.90 bits per heavy atom. The first kappa shape index (κ1) is 18.2. The number of nitrogens with zero attached hydrogens (tertiary/aromatic N) is 1. The van der Waals surface area contributed by atoms with Crippen LogP contribution in [0.1, 0.15) is 23.1 Å². The number of carbonyl (C=O) groups excluding carboxylic acids is 1. The summed E-state index contributed by atoms with van der Waals surface area (Å²) in [6.45, 7) is 1.70. The van der Waals surface area contributed by atoms with Crippen molar-refractivity contribution < 1.29 is 23.7 Å². The van der Waals surface area contributed by atoms with Crippen LogP contribution in [-0.4, -0.2) is 39.5 Å². The van der Waals surface area contributed by atoms with Crippen LogP contribution < -0.4 is 20.1 Å². The third kappa shape index (κ3) is 2.90. The number of benzene rings is 2. The second-order valence-electron chi connectivity index (χ2n) is 7.26. The number of hydrogen-bond acceptors (Lipinski definition) is 6.